The van der Waals surface area contributed by atoms with Crippen LogP contribution in [0.5, 0.6) is 0 Å². The van der Waals surface area contributed by atoms with Crippen LogP contribution in [0.15, 0.2) is 122 Å². The monoisotopic (exact) mass is 1370 g/mol. The first-order valence-corrected chi connectivity index (χ1v) is 39.8. The second-order valence-electron chi connectivity index (χ2n) is 24.4. The number of esters is 3. The fourth-order valence-corrected chi connectivity index (χ4v) is 11.0. The van der Waals surface area contributed by atoms with Gasteiger partial charge in [0.1, 0.15) is 25.4 Å². The van der Waals surface area contributed by atoms with Crippen LogP contribution in [0.25, 0.3) is 0 Å². The van der Waals surface area contributed by atoms with Crippen molar-refractivity contribution >= 4 is 33.6 Å². The van der Waals surface area contributed by atoms with Crippen LogP contribution in [-0.2, 0) is 55.8 Å². The van der Waals surface area contributed by atoms with Crippen molar-refractivity contribution in [3.63, 3.8) is 0 Å². The number of rotatable bonds is 69. The van der Waals surface area contributed by atoms with Gasteiger partial charge in [-0.15, -0.1) is 0 Å². The van der Waals surface area contributed by atoms with E-state index in [4.69, 9.17) is 32.3 Å². The molecule has 0 heterocycles. The number of hydrogen-bond donors (Lipinski definition) is 4. The fraction of sp³-hybridized carbons (Fsp3) is 0.701. The van der Waals surface area contributed by atoms with E-state index in [-0.39, 0.29) is 19.3 Å². The van der Waals surface area contributed by atoms with Gasteiger partial charge < -0.3 is 34.2 Å². The Bertz CT molecular complexity index is 2210. The summed E-state index contributed by atoms with van der Waals surface area (Å²) < 4.78 is 61.0. The molecule has 16 nitrogen and oxygen atoms in total. The molecule has 0 aliphatic heterocycles. The zero-order valence-corrected chi connectivity index (χ0v) is 61.1. The lowest BCUT2D eigenvalue weighted by atomic mass is 10.1. The highest BCUT2D eigenvalue weighted by molar-refractivity contribution is 7.47. The highest BCUT2D eigenvalue weighted by atomic mass is 31.2. The van der Waals surface area contributed by atoms with E-state index in [1.807, 2.05) is 0 Å². The van der Waals surface area contributed by atoms with Gasteiger partial charge in [0, 0.05) is 19.3 Å². The Morgan fingerprint density at radius 2 is 0.547 bits per heavy atom. The quantitative estimate of drug-likeness (QED) is 0.0146. The maximum absolute atomic E-state index is 12.9. The molecule has 0 saturated heterocycles. The molecule has 18 heteroatoms. The highest BCUT2D eigenvalue weighted by Gasteiger charge is 2.29. The van der Waals surface area contributed by atoms with Crippen LogP contribution in [0, 0.1) is 0 Å². The van der Waals surface area contributed by atoms with Gasteiger partial charge in [0.25, 0.3) is 0 Å². The Morgan fingerprint density at radius 3 is 0.874 bits per heavy atom. The van der Waals surface area contributed by atoms with Crippen LogP contribution in [0.3, 0.4) is 0 Å². The van der Waals surface area contributed by atoms with Crippen molar-refractivity contribution in [2.75, 3.05) is 39.6 Å². The summed E-state index contributed by atoms with van der Waals surface area (Å²) in [6, 6.07) is 0. The van der Waals surface area contributed by atoms with Crippen molar-refractivity contribution in [3.05, 3.63) is 122 Å². The number of carbonyl (C=O) groups excluding carboxylic acids is 3. The molecule has 0 saturated carbocycles. The minimum Gasteiger partial charge on any atom is -0.463 e. The third-order valence-corrected chi connectivity index (χ3v) is 17.0. The summed E-state index contributed by atoms with van der Waals surface area (Å²) in [4.78, 5) is 58.5. The van der Waals surface area contributed by atoms with Crippen LogP contribution in [-0.4, -0.2) is 95.9 Å². The van der Waals surface area contributed by atoms with E-state index in [0.29, 0.717) is 19.3 Å². The molecular weight excluding hydrogens is 1240 g/mol. The number of aliphatic hydroxyl groups excluding tert-OH is 2. The second kappa shape index (κ2) is 69.8. The molecule has 0 bridgehead atoms. The number of carbonyl (C=O) groups is 3. The topological polar surface area (TPSA) is 231 Å². The molecule has 546 valence electrons. The Kier molecular flexibility index (Phi) is 66.9. The summed E-state index contributed by atoms with van der Waals surface area (Å²) in [6.45, 7) is 2.51. The maximum atomic E-state index is 12.9. The first-order valence-electron chi connectivity index (χ1n) is 36.8. The molecule has 95 heavy (non-hydrogen) atoms. The van der Waals surface area contributed by atoms with Crippen molar-refractivity contribution in [2.45, 2.75) is 309 Å². The van der Waals surface area contributed by atoms with Gasteiger partial charge in [-0.05, 0) is 135 Å². The predicted octanol–water partition coefficient (Wildman–Crippen LogP) is 21.0. The minimum absolute atomic E-state index is 0.0828. The molecule has 0 aliphatic carbocycles. The summed E-state index contributed by atoms with van der Waals surface area (Å²) in [7, 11) is -9.79. The van der Waals surface area contributed by atoms with Crippen molar-refractivity contribution in [3.8, 4) is 0 Å². The van der Waals surface area contributed by atoms with Crippen LogP contribution in [0.4, 0.5) is 0 Å². The third kappa shape index (κ3) is 71.1. The highest BCUT2D eigenvalue weighted by Crippen LogP contribution is 2.45. The Labute approximate surface area is 576 Å². The van der Waals surface area contributed by atoms with Crippen LogP contribution >= 0.6 is 15.6 Å². The SMILES string of the molecule is CCC/C=C\C/C=C\CCCCCCCC(=O)OC(COC(=O)CCCCCCCCC/C=C\C/C=C\C/C=C\C/C=C\CCCCC)COP(=O)(O)OCC(O)COP(=O)(O)OCC(O)COC(=O)CCCCCCCCC/C=C\C/C=C\C/C=C\C/C=C\CCCCC. The van der Waals surface area contributed by atoms with Gasteiger partial charge >= 0.3 is 33.6 Å². The number of phosphoric acid groups is 2. The van der Waals surface area contributed by atoms with Gasteiger partial charge in [0.05, 0.1) is 26.4 Å². The molecule has 0 aromatic rings. The molecule has 4 N–H and O–H groups in total. The van der Waals surface area contributed by atoms with Gasteiger partial charge in [0.15, 0.2) is 6.10 Å². The largest absolute Gasteiger partial charge is 0.472 e. The van der Waals surface area contributed by atoms with Gasteiger partial charge in [-0.1, -0.05) is 258 Å². The van der Waals surface area contributed by atoms with E-state index < -0.39 is 91.5 Å². The summed E-state index contributed by atoms with van der Waals surface area (Å²) in [5.74, 6) is -1.61. The molecule has 0 amide bonds. The predicted molar refractivity (Wildman–Crippen MR) is 390 cm³/mol. The zero-order chi connectivity index (χ0) is 69.5. The molecule has 0 fully saturated rings. The summed E-state index contributed by atoms with van der Waals surface area (Å²) in [5.41, 5.74) is 0. The second-order valence-corrected chi connectivity index (χ2v) is 27.3. The average molecular weight is 1380 g/mol. The summed E-state index contributed by atoms with van der Waals surface area (Å²) >= 11 is 0. The Hall–Kier alpha value is -4.05. The zero-order valence-electron chi connectivity index (χ0n) is 59.3. The van der Waals surface area contributed by atoms with Gasteiger partial charge in [0.2, 0.25) is 0 Å². The Balaban J connectivity index is 4.62. The normalized spacial score (nSPS) is 14.8. The van der Waals surface area contributed by atoms with Crippen molar-refractivity contribution < 1.29 is 75.8 Å². The van der Waals surface area contributed by atoms with E-state index in [1.165, 1.54) is 51.4 Å². The minimum atomic E-state index is -4.94. The Morgan fingerprint density at radius 1 is 0.295 bits per heavy atom. The van der Waals surface area contributed by atoms with Crippen molar-refractivity contribution in [1.29, 1.82) is 0 Å². The molecular formula is C77H132O16P2. The molecule has 0 aromatic heterocycles. The lowest BCUT2D eigenvalue weighted by Crippen LogP contribution is -2.30. The van der Waals surface area contributed by atoms with E-state index >= 15 is 0 Å². The van der Waals surface area contributed by atoms with Crippen molar-refractivity contribution in [2.24, 2.45) is 0 Å². The van der Waals surface area contributed by atoms with Crippen LogP contribution < -0.4 is 0 Å². The number of phosphoric ester groups is 2. The number of ether oxygens (including phenoxy) is 3. The van der Waals surface area contributed by atoms with Gasteiger partial charge in [-0.25, -0.2) is 9.13 Å². The molecule has 0 aromatic carbocycles. The molecule has 5 atom stereocenters. The molecule has 0 radical (unpaired) electrons. The third-order valence-electron chi connectivity index (χ3n) is 15.1. The van der Waals surface area contributed by atoms with E-state index in [1.54, 1.807) is 0 Å². The fourth-order valence-electron chi connectivity index (χ4n) is 9.46. The average Bonchev–Trinajstić information content (AvgIpc) is 1.82. The van der Waals surface area contributed by atoms with Gasteiger partial charge in [-0.2, -0.15) is 0 Å². The van der Waals surface area contributed by atoms with Crippen molar-refractivity contribution in [1.82, 2.24) is 0 Å². The standard InChI is InChI=1S/C77H132O16P2/c1-4-7-10-13-16-19-22-25-27-29-31-33-35-37-39-41-43-46-48-51-54-57-60-63-75(80)87-66-72(78)67-89-94(83,84)90-68-73(79)69-91-95(85,86)92-71-74(93-77(82)65-62-59-56-53-50-45-24-21-18-15-12-9-6-3)70-88-76(81)64-61-58-55-52-49-47-44-42-40-38-36-34-32-30-28-26-23-20-17-14-11-8-5-2/h12,15-17,19-21,24-28,31-34,37-40,72-74,78-79H,4-11,13-14,18,22-23,29-30,35-36,41-71H2,1-3H3,(H,83,84)(H,85,86)/b15-12-,19-16-,20-17-,24-21-,27-25-,28-26-,33-31-,34-32-,39-37-,40-38-. The maximum Gasteiger partial charge on any atom is 0.472 e. The lowest BCUT2D eigenvalue weighted by molar-refractivity contribution is -0.161. The molecule has 0 rings (SSSR count). The number of hydrogen-bond acceptors (Lipinski definition) is 14. The van der Waals surface area contributed by atoms with Gasteiger partial charge in [-0.3, -0.25) is 32.5 Å². The van der Waals surface area contributed by atoms with E-state index in [0.717, 1.165) is 180 Å². The smallest absolute Gasteiger partial charge is 0.463 e. The molecule has 0 spiro atoms. The number of unbranched alkanes of at least 4 members (excludes halogenated alkanes) is 26. The number of aliphatic hydroxyl groups is 2. The van der Waals surface area contributed by atoms with E-state index in [2.05, 4.69) is 142 Å². The lowest BCUT2D eigenvalue weighted by Gasteiger charge is -2.21. The summed E-state index contributed by atoms with van der Waals surface area (Å²) in [6.07, 6.45) is 81.0. The first kappa shape index (κ1) is 91.0. The number of allylic oxidation sites excluding steroid dienone is 20. The van der Waals surface area contributed by atoms with Crippen LogP contribution in [0.2, 0.25) is 0 Å². The van der Waals surface area contributed by atoms with Crippen LogP contribution in [0.1, 0.15) is 290 Å². The van der Waals surface area contributed by atoms with E-state index in [9.17, 15) is 43.5 Å². The first-order chi connectivity index (χ1) is 46.2. The molecule has 0 aliphatic rings. The summed E-state index contributed by atoms with van der Waals surface area (Å²) in [5, 5.41) is 20.6. The molecule has 5 unspecified atom stereocenters.